The molecule has 0 bridgehead atoms. The number of hydrogen-bond acceptors (Lipinski definition) is 5. The molecule has 4 rings (SSSR count). The van der Waals surface area contributed by atoms with Crippen molar-refractivity contribution < 1.29 is 19.7 Å². The summed E-state index contributed by atoms with van der Waals surface area (Å²) in [6.45, 7) is 8.47. The van der Waals surface area contributed by atoms with Gasteiger partial charge in [-0.25, -0.2) is 4.79 Å². The molecular formula is C28H34O4S. The Hall–Kier alpha value is -2.08. The van der Waals surface area contributed by atoms with E-state index in [1.54, 1.807) is 12.1 Å². The lowest BCUT2D eigenvalue weighted by molar-refractivity contribution is 0.0862. The van der Waals surface area contributed by atoms with Crippen LogP contribution in [-0.2, 0) is 0 Å². The van der Waals surface area contributed by atoms with E-state index >= 15 is 0 Å². The lowest BCUT2D eigenvalue weighted by Crippen LogP contribution is -2.33. The summed E-state index contributed by atoms with van der Waals surface area (Å²) < 4.78 is 5.50. The van der Waals surface area contributed by atoms with Gasteiger partial charge < -0.3 is 14.9 Å². The fourth-order valence-electron chi connectivity index (χ4n) is 5.76. The highest BCUT2D eigenvalue weighted by molar-refractivity contribution is 8.14. The lowest BCUT2D eigenvalue weighted by Gasteiger charge is -2.42. The molecule has 3 aliphatic rings. The van der Waals surface area contributed by atoms with E-state index in [0.717, 1.165) is 36.8 Å². The molecule has 5 atom stereocenters. The number of carbonyl (C=O) groups is 1. The van der Waals surface area contributed by atoms with Gasteiger partial charge in [-0.3, -0.25) is 0 Å². The Morgan fingerprint density at radius 3 is 2.79 bits per heavy atom. The summed E-state index contributed by atoms with van der Waals surface area (Å²) in [5.41, 5.74) is 4.45. The molecule has 1 aromatic carbocycles. The van der Waals surface area contributed by atoms with E-state index in [9.17, 15) is 15.0 Å². The molecule has 3 aliphatic carbocycles. The summed E-state index contributed by atoms with van der Waals surface area (Å²) in [5, 5.41) is 20.0. The molecule has 2 fully saturated rings. The van der Waals surface area contributed by atoms with Gasteiger partial charge in [-0.05, 0) is 85.4 Å². The molecule has 5 heteroatoms. The standard InChI is InChI=1S/C28H34O4S/c1-18-21(16-22(29)17-26(18)30)12-11-20-8-7-15-28(3)24(13-14-25(20)28)19(2)33-27(31)32-23-9-5-4-6-10-23/h4-6,9-13,19,22,25-26,29-30H,1,7-8,14-17H2,2-3H3/b20-11+,21-12-/t19-,22-,25?,26+,28-/m1/s1. The van der Waals surface area contributed by atoms with Crippen molar-refractivity contribution in [2.45, 2.75) is 69.8 Å². The number of thioether (sulfide) groups is 1. The quantitative estimate of drug-likeness (QED) is 0.399. The molecule has 2 saturated carbocycles. The molecular weight excluding hydrogens is 432 g/mol. The second-order valence-corrected chi connectivity index (χ2v) is 11.0. The van der Waals surface area contributed by atoms with Gasteiger partial charge >= 0.3 is 5.30 Å². The molecule has 0 saturated heterocycles. The number of rotatable bonds is 4. The van der Waals surface area contributed by atoms with Crippen LogP contribution < -0.4 is 4.74 Å². The van der Waals surface area contributed by atoms with Crippen molar-refractivity contribution >= 4 is 17.1 Å². The Bertz CT molecular complexity index is 992. The monoisotopic (exact) mass is 466 g/mol. The molecule has 0 heterocycles. The highest BCUT2D eigenvalue weighted by Gasteiger charge is 2.46. The number of aliphatic hydroxyl groups excluding tert-OH is 2. The summed E-state index contributed by atoms with van der Waals surface area (Å²) in [7, 11) is 0. The molecule has 0 spiro atoms. The molecule has 2 N–H and O–H groups in total. The van der Waals surface area contributed by atoms with Crippen molar-refractivity contribution in [2.75, 3.05) is 0 Å². The van der Waals surface area contributed by atoms with Crippen LogP contribution in [0.5, 0.6) is 5.75 Å². The summed E-state index contributed by atoms with van der Waals surface area (Å²) in [6, 6.07) is 9.20. The molecule has 0 amide bonds. The Morgan fingerprint density at radius 2 is 2.03 bits per heavy atom. The number of aliphatic hydroxyl groups is 2. The average Bonchev–Trinajstić information content (AvgIpc) is 3.13. The van der Waals surface area contributed by atoms with Gasteiger partial charge in [-0.1, -0.05) is 61.1 Å². The summed E-state index contributed by atoms with van der Waals surface area (Å²) in [4.78, 5) is 12.5. The maximum atomic E-state index is 12.5. The molecule has 1 unspecified atom stereocenters. The van der Waals surface area contributed by atoms with Crippen LogP contribution in [0.15, 0.2) is 77.4 Å². The highest BCUT2D eigenvalue weighted by atomic mass is 32.2. The zero-order valence-electron chi connectivity index (χ0n) is 19.5. The van der Waals surface area contributed by atoms with Gasteiger partial charge in [0.15, 0.2) is 0 Å². The van der Waals surface area contributed by atoms with Crippen molar-refractivity contribution in [2.24, 2.45) is 11.3 Å². The van der Waals surface area contributed by atoms with Crippen LogP contribution >= 0.6 is 11.8 Å². The Balaban J connectivity index is 1.45. The van der Waals surface area contributed by atoms with E-state index in [0.29, 0.717) is 24.5 Å². The van der Waals surface area contributed by atoms with E-state index < -0.39 is 12.2 Å². The second-order valence-electron chi connectivity index (χ2n) is 9.71. The number of para-hydroxylation sites is 1. The minimum atomic E-state index is -0.664. The maximum Gasteiger partial charge on any atom is 0.373 e. The second kappa shape index (κ2) is 10.0. The topological polar surface area (TPSA) is 66.8 Å². The van der Waals surface area contributed by atoms with E-state index in [-0.39, 0.29) is 16.0 Å². The van der Waals surface area contributed by atoms with Crippen molar-refractivity contribution in [3.05, 3.63) is 77.4 Å². The van der Waals surface area contributed by atoms with Crippen LogP contribution in [0.3, 0.4) is 0 Å². The predicted molar refractivity (Wildman–Crippen MR) is 134 cm³/mol. The van der Waals surface area contributed by atoms with Crippen LogP contribution in [0.4, 0.5) is 4.79 Å². The van der Waals surface area contributed by atoms with Crippen molar-refractivity contribution in [1.29, 1.82) is 0 Å². The Morgan fingerprint density at radius 1 is 1.27 bits per heavy atom. The van der Waals surface area contributed by atoms with Crippen LogP contribution in [0.2, 0.25) is 0 Å². The average molecular weight is 467 g/mol. The molecule has 0 radical (unpaired) electrons. The SMILES string of the molecule is C=C1/C(=C\C=C2/CCC[C@]3(C)C([C@@H](C)SC(=O)Oc4ccccc4)=CCC23)C[C@@H](O)C[C@@H]1O. The first-order valence-electron chi connectivity index (χ1n) is 11.9. The first-order valence-corrected chi connectivity index (χ1v) is 12.7. The zero-order chi connectivity index (χ0) is 23.6. The zero-order valence-corrected chi connectivity index (χ0v) is 20.3. The predicted octanol–water partition coefficient (Wildman–Crippen LogP) is 6.37. The minimum Gasteiger partial charge on any atom is -0.418 e. The number of benzene rings is 1. The van der Waals surface area contributed by atoms with Crippen molar-refractivity contribution in [3.63, 3.8) is 0 Å². The van der Waals surface area contributed by atoms with Gasteiger partial charge in [-0.15, -0.1) is 0 Å². The first-order chi connectivity index (χ1) is 15.8. The van der Waals surface area contributed by atoms with E-state index in [2.05, 4.69) is 38.7 Å². The van der Waals surface area contributed by atoms with Crippen LogP contribution in [0.25, 0.3) is 0 Å². The lowest BCUT2D eigenvalue weighted by atomic mass is 9.64. The van der Waals surface area contributed by atoms with Gasteiger partial charge in [0.1, 0.15) is 5.75 Å². The maximum absolute atomic E-state index is 12.5. The minimum absolute atomic E-state index is 0.0324. The molecule has 33 heavy (non-hydrogen) atoms. The van der Waals surface area contributed by atoms with Gasteiger partial charge in [-0.2, -0.15) is 0 Å². The number of carbonyl (C=O) groups excluding carboxylic acids is 1. The fourth-order valence-corrected chi connectivity index (χ4v) is 6.69. The van der Waals surface area contributed by atoms with Crippen LogP contribution in [0.1, 0.15) is 52.4 Å². The van der Waals surface area contributed by atoms with Crippen molar-refractivity contribution in [3.8, 4) is 5.75 Å². The van der Waals surface area contributed by atoms with Crippen molar-refractivity contribution in [1.82, 2.24) is 0 Å². The number of hydrogen-bond donors (Lipinski definition) is 2. The number of ether oxygens (including phenoxy) is 1. The summed E-state index contributed by atoms with van der Waals surface area (Å²) in [5.74, 6) is 0.986. The molecule has 0 aliphatic heterocycles. The molecule has 0 aromatic heterocycles. The van der Waals surface area contributed by atoms with E-state index in [1.807, 2.05) is 18.2 Å². The largest absolute Gasteiger partial charge is 0.418 e. The first kappa shape index (κ1) is 24.1. The summed E-state index contributed by atoms with van der Waals surface area (Å²) in [6.07, 6.45) is 10.6. The number of fused-ring (bicyclic) bond motifs is 1. The molecule has 4 nitrogen and oxygen atoms in total. The third kappa shape index (κ3) is 5.21. The molecule has 176 valence electrons. The van der Waals surface area contributed by atoms with Gasteiger partial charge in [0.2, 0.25) is 0 Å². The number of allylic oxidation sites excluding steroid dienone is 4. The van der Waals surface area contributed by atoms with Gasteiger partial charge in [0.25, 0.3) is 0 Å². The Kier molecular flexibility index (Phi) is 7.32. The van der Waals surface area contributed by atoms with E-state index in [4.69, 9.17) is 4.74 Å². The third-order valence-corrected chi connectivity index (χ3v) is 8.41. The van der Waals surface area contributed by atoms with Crippen LogP contribution in [0, 0.1) is 11.3 Å². The smallest absolute Gasteiger partial charge is 0.373 e. The Labute approximate surface area is 201 Å². The summed E-state index contributed by atoms with van der Waals surface area (Å²) >= 11 is 1.26. The van der Waals surface area contributed by atoms with Crippen LogP contribution in [-0.4, -0.2) is 33.0 Å². The normalized spacial score (nSPS) is 33.0. The van der Waals surface area contributed by atoms with E-state index in [1.165, 1.54) is 22.9 Å². The van der Waals surface area contributed by atoms with Gasteiger partial charge in [0, 0.05) is 11.7 Å². The fraction of sp³-hybridized carbons (Fsp3) is 0.464. The van der Waals surface area contributed by atoms with Gasteiger partial charge in [0.05, 0.1) is 12.2 Å². The highest BCUT2D eigenvalue weighted by Crippen LogP contribution is 2.56. The third-order valence-electron chi connectivity index (χ3n) is 7.53. The molecule has 1 aromatic rings.